The van der Waals surface area contributed by atoms with E-state index in [1.807, 2.05) is 0 Å². The molecular formula is C11H22O. The lowest BCUT2D eigenvalue weighted by Crippen LogP contribution is -2.01. The predicted molar refractivity (Wildman–Crippen MR) is 53.2 cm³/mol. The monoisotopic (exact) mass is 170 g/mol. The Morgan fingerprint density at radius 2 is 1.58 bits per heavy atom. The van der Waals surface area contributed by atoms with E-state index in [4.69, 9.17) is 0 Å². The Kier molecular flexibility index (Phi) is 8.52. The van der Waals surface area contributed by atoms with Crippen LogP contribution in [-0.2, 0) is 4.79 Å². The van der Waals surface area contributed by atoms with E-state index in [-0.39, 0.29) is 0 Å². The second kappa shape index (κ2) is 8.76. The molecule has 0 spiro atoms. The summed E-state index contributed by atoms with van der Waals surface area (Å²) in [5, 5.41) is 0. The maximum Gasteiger partial charge on any atom is 0.120 e. The zero-order chi connectivity index (χ0) is 9.23. The van der Waals surface area contributed by atoms with Gasteiger partial charge in [-0.25, -0.2) is 0 Å². The summed E-state index contributed by atoms with van der Waals surface area (Å²) < 4.78 is 0. The maximum absolute atomic E-state index is 10.3. The van der Waals surface area contributed by atoms with Crippen molar-refractivity contribution < 1.29 is 4.79 Å². The van der Waals surface area contributed by atoms with Gasteiger partial charge in [-0.05, 0) is 5.92 Å². The summed E-state index contributed by atoms with van der Waals surface area (Å²) in [5.74, 6) is 0.669. The molecule has 0 aliphatic heterocycles. The van der Waals surface area contributed by atoms with Gasteiger partial charge in [0.25, 0.3) is 0 Å². The normalized spacial score (nSPS) is 10.6. The Bertz CT molecular complexity index is 91.2. The molecule has 0 aliphatic rings. The number of rotatable bonds is 8. The first-order valence-corrected chi connectivity index (χ1v) is 5.28. The molecule has 0 bridgehead atoms. The third kappa shape index (κ3) is 6.38. The molecule has 12 heavy (non-hydrogen) atoms. The van der Waals surface area contributed by atoms with Gasteiger partial charge >= 0.3 is 0 Å². The van der Waals surface area contributed by atoms with Gasteiger partial charge < -0.3 is 4.79 Å². The number of aldehydes is 1. The summed E-state index contributed by atoms with van der Waals surface area (Å²) in [5.41, 5.74) is 0. The number of carbonyl (C=O) groups is 1. The Morgan fingerprint density at radius 1 is 1.08 bits per heavy atom. The van der Waals surface area contributed by atoms with Crippen molar-refractivity contribution in [3.05, 3.63) is 0 Å². The average Bonchev–Trinajstić information content (AvgIpc) is 2.10. The van der Waals surface area contributed by atoms with E-state index in [1.165, 1.54) is 38.5 Å². The Morgan fingerprint density at radius 3 is 1.92 bits per heavy atom. The topological polar surface area (TPSA) is 17.1 Å². The lowest BCUT2D eigenvalue weighted by Gasteiger charge is -2.12. The third-order valence-corrected chi connectivity index (χ3v) is 2.36. The summed E-state index contributed by atoms with van der Waals surface area (Å²) in [6.45, 7) is 4.41. The van der Waals surface area contributed by atoms with E-state index in [0.717, 1.165) is 12.7 Å². The van der Waals surface area contributed by atoms with E-state index in [9.17, 15) is 4.79 Å². The molecule has 0 heterocycles. The van der Waals surface area contributed by atoms with Crippen LogP contribution in [0, 0.1) is 5.92 Å². The van der Waals surface area contributed by atoms with Crippen LogP contribution in [-0.4, -0.2) is 6.29 Å². The highest BCUT2D eigenvalue weighted by Gasteiger charge is 2.06. The van der Waals surface area contributed by atoms with Crippen LogP contribution in [0.15, 0.2) is 0 Å². The smallest absolute Gasteiger partial charge is 0.120 e. The highest BCUT2D eigenvalue weighted by atomic mass is 16.1. The van der Waals surface area contributed by atoms with Gasteiger partial charge in [-0.1, -0.05) is 52.4 Å². The van der Waals surface area contributed by atoms with Crippen molar-refractivity contribution in [2.75, 3.05) is 0 Å². The molecule has 72 valence electrons. The Hall–Kier alpha value is -0.330. The average molecular weight is 170 g/mol. The van der Waals surface area contributed by atoms with E-state index < -0.39 is 0 Å². The van der Waals surface area contributed by atoms with Crippen LogP contribution in [0.1, 0.15) is 58.8 Å². The zero-order valence-electron chi connectivity index (χ0n) is 8.51. The highest BCUT2D eigenvalue weighted by molar-refractivity contribution is 5.49. The van der Waals surface area contributed by atoms with Crippen molar-refractivity contribution >= 4 is 6.29 Å². The zero-order valence-corrected chi connectivity index (χ0v) is 8.51. The van der Waals surface area contributed by atoms with Crippen molar-refractivity contribution in [3.8, 4) is 0 Å². The van der Waals surface area contributed by atoms with Crippen molar-refractivity contribution in [2.45, 2.75) is 58.8 Å². The van der Waals surface area contributed by atoms with Crippen LogP contribution in [0.2, 0.25) is 0 Å². The molecule has 0 atom stereocenters. The molecular weight excluding hydrogens is 148 g/mol. The molecule has 0 aromatic carbocycles. The Balaban J connectivity index is 3.46. The summed E-state index contributed by atoms with van der Waals surface area (Å²) in [4.78, 5) is 10.3. The van der Waals surface area contributed by atoms with E-state index in [1.54, 1.807) is 0 Å². The number of hydrogen-bond donors (Lipinski definition) is 0. The highest BCUT2D eigenvalue weighted by Crippen LogP contribution is 2.18. The number of carbonyl (C=O) groups excluding carboxylic acids is 1. The maximum atomic E-state index is 10.3. The van der Waals surface area contributed by atoms with E-state index in [2.05, 4.69) is 13.8 Å². The third-order valence-electron chi connectivity index (χ3n) is 2.36. The molecule has 0 amide bonds. The van der Waals surface area contributed by atoms with Crippen molar-refractivity contribution in [1.29, 1.82) is 0 Å². The lowest BCUT2D eigenvalue weighted by atomic mass is 9.94. The molecule has 0 rings (SSSR count). The number of unbranched alkanes of at least 4 members (excludes halogenated alkanes) is 2. The van der Waals surface area contributed by atoms with Gasteiger partial charge in [0.2, 0.25) is 0 Å². The predicted octanol–water partition coefficient (Wildman–Crippen LogP) is 3.57. The first-order valence-electron chi connectivity index (χ1n) is 5.28. The Labute approximate surface area is 76.6 Å². The summed E-state index contributed by atoms with van der Waals surface area (Å²) >= 11 is 0. The largest absolute Gasteiger partial charge is 0.303 e. The second-order valence-electron chi connectivity index (χ2n) is 3.55. The van der Waals surface area contributed by atoms with Gasteiger partial charge in [-0.3, -0.25) is 0 Å². The minimum atomic E-state index is 0.669. The lowest BCUT2D eigenvalue weighted by molar-refractivity contribution is -0.108. The van der Waals surface area contributed by atoms with Gasteiger partial charge in [0.1, 0.15) is 6.29 Å². The molecule has 0 unspecified atom stereocenters. The minimum Gasteiger partial charge on any atom is -0.303 e. The quantitative estimate of drug-likeness (QED) is 0.509. The van der Waals surface area contributed by atoms with Gasteiger partial charge in [-0.15, -0.1) is 0 Å². The molecule has 0 fully saturated rings. The molecule has 0 saturated heterocycles. The molecule has 0 aromatic heterocycles. The molecule has 0 aromatic rings. The fraction of sp³-hybridized carbons (Fsp3) is 0.909. The van der Waals surface area contributed by atoms with Crippen LogP contribution in [0.3, 0.4) is 0 Å². The fourth-order valence-corrected chi connectivity index (χ4v) is 1.50. The summed E-state index contributed by atoms with van der Waals surface area (Å²) in [6, 6.07) is 0. The van der Waals surface area contributed by atoms with Crippen LogP contribution in [0.25, 0.3) is 0 Å². The van der Waals surface area contributed by atoms with Gasteiger partial charge in [0.05, 0.1) is 0 Å². The summed E-state index contributed by atoms with van der Waals surface area (Å²) in [6.07, 6.45) is 9.41. The van der Waals surface area contributed by atoms with Crippen LogP contribution in [0.5, 0.6) is 0 Å². The molecule has 0 radical (unpaired) electrons. The molecule has 0 saturated carbocycles. The van der Waals surface area contributed by atoms with Gasteiger partial charge in [0, 0.05) is 6.42 Å². The SMILES string of the molecule is CCCCC(CC=O)CCCC. The first-order chi connectivity index (χ1) is 5.85. The van der Waals surface area contributed by atoms with E-state index in [0.29, 0.717) is 5.92 Å². The van der Waals surface area contributed by atoms with Crippen LogP contribution < -0.4 is 0 Å². The molecule has 0 N–H and O–H groups in total. The van der Waals surface area contributed by atoms with Crippen molar-refractivity contribution in [3.63, 3.8) is 0 Å². The second-order valence-corrected chi connectivity index (χ2v) is 3.55. The van der Waals surface area contributed by atoms with Gasteiger partial charge in [-0.2, -0.15) is 0 Å². The minimum absolute atomic E-state index is 0.669. The van der Waals surface area contributed by atoms with Crippen LogP contribution in [0.4, 0.5) is 0 Å². The number of hydrogen-bond acceptors (Lipinski definition) is 1. The van der Waals surface area contributed by atoms with Gasteiger partial charge in [0.15, 0.2) is 0 Å². The molecule has 0 aliphatic carbocycles. The van der Waals surface area contributed by atoms with Crippen LogP contribution >= 0.6 is 0 Å². The van der Waals surface area contributed by atoms with Crippen molar-refractivity contribution in [2.24, 2.45) is 5.92 Å². The molecule has 1 heteroatoms. The standard InChI is InChI=1S/C11H22O/c1-3-5-7-11(9-10-12)8-6-4-2/h10-11H,3-9H2,1-2H3. The first kappa shape index (κ1) is 11.7. The van der Waals surface area contributed by atoms with Crippen molar-refractivity contribution in [1.82, 2.24) is 0 Å². The molecule has 1 nitrogen and oxygen atoms in total. The fourth-order valence-electron chi connectivity index (χ4n) is 1.50. The summed E-state index contributed by atoms with van der Waals surface area (Å²) in [7, 11) is 0. The van der Waals surface area contributed by atoms with E-state index >= 15 is 0 Å².